The molecule has 0 atom stereocenters. The summed E-state index contributed by atoms with van der Waals surface area (Å²) in [7, 11) is 1.29. The van der Waals surface area contributed by atoms with Crippen LogP contribution in [0.4, 0.5) is 4.79 Å². The van der Waals surface area contributed by atoms with Crippen molar-refractivity contribution >= 4 is 17.0 Å². The van der Waals surface area contributed by atoms with Crippen LogP contribution in [-0.2, 0) is 11.3 Å². The van der Waals surface area contributed by atoms with Crippen LogP contribution in [0.5, 0.6) is 0 Å². The highest BCUT2D eigenvalue weighted by atomic mass is 16.5. The molecule has 1 aromatic heterocycles. The number of aromatic nitrogens is 2. The third kappa shape index (κ3) is 1.46. The predicted octanol–water partition coefficient (Wildman–Crippen LogP) is 1.14. The Morgan fingerprint density at radius 3 is 2.93 bits per heavy atom. The van der Waals surface area contributed by atoms with E-state index in [0.717, 1.165) is 10.1 Å². The second-order valence-corrected chi connectivity index (χ2v) is 3.00. The number of carbonyl (C=O) groups excluding carboxylic acids is 1. The largest absolute Gasteiger partial charge is 0.451 e. The molecule has 0 unspecified atom stereocenters. The quantitative estimate of drug-likeness (QED) is 0.760. The van der Waals surface area contributed by atoms with Gasteiger partial charge in [-0.05, 0) is 6.07 Å². The van der Waals surface area contributed by atoms with E-state index in [9.17, 15) is 4.79 Å². The molecule has 1 N–H and O–H groups in total. The molecule has 0 aliphatic rings. The Morgan fingerprint density at radius 1 is 1.53 bits per heavy atom. The van der Waals surface area contributed by atoms with E-state index in [1.807, 2.05) is 6.07 Å². The number of hydrogen-bond acceptors (Lipinski definition) is 4. The minimum Gasteiger partial charge on any atom is -0.451 e. The standard InChI is InChI=1S/C10H10N2O3/c1-15-10(14)12-9-5-3-2-4-7(9)8(6-13)11-12/h2-5,13H,6H2,1H3. The number of methoxy groups -OCH3 is 1. The first-order valence-electron chi connectivity index (χ1n) is 4.43. The van der Waals surface area contributed by atoms with Crippen molar-refractivity contribution in [2.75, 3.05) is 7.11 Å². The monoisotopic (exact) mass is 206 g/mol. The smallest absolute Gasteiger partial charge is 0.434 e. The number of rotatable bonds is 1. The molecule has 0 radical (unpaired) electrons. The van der Waals surface area contributed by atoms with Gasteiger partial charge in [-0.3, -0.25) is 0 Å². The van der Waals surface area contributed by atoms with Crippen LogP contribution >= 0.6 is 0 Å². The molecular weight excluding hydrogens is 196 g/mol. The number of aliphatic hydroxyl groups excluding tert-OH is 1. The van der Waals surface area contributed by atoms with E-state index < -0.39 is 6.09 Å². The zero-order valence-electron chi connectivity index (χ0n) is 8.17. The lowest BCUT2D eigenvalue weighted by molar-refractivity contribution is 0.170. The first-order valence-corrected chi connectivity index (χ1v) is 4.43. The highest BCUT2D eigenvalue weighted by Gasteiger charge is 2.14. The molecule has 1 heterocycles. The van der Waals surface area contributed by atoms with Crippen LogP contribution in [-0.4, -0.2) is 28.1 Å². The third-order valence-corrected chi connectivity index (χ3v) is 2.16. The van der Waals surface area contributed by atoms with Gasteiger partial charge < -0.3 is 9.84 Å². The molecule has 2 aromatic rings. The average molecular weight is 206 g/mol. The van der Waals surface area contributed by atoms with E-state index in [1.54, 1.807) is 18.2 Å². The molecule has 0 amide bonds. The topological polar surface area (TPSA) is 64.4 Å². The Kier molecular flexibility index (Phi) is 2.39. The Balaban J connectivity index is 2.70. The van der Waals surface area contributed by atoms with Crippen LogP contribution < -0.4 is 0 Å². The van der Waals surface area contributed by atoms with E-state index >= 15 is 0 Å². The van der Waals surface area contributed by atoms with Crippen molar-refractivity contribution in [3.05, 3.63) is 30.0 Å². The van der Waals surface area contributed by atoms with Crippen LogP contribution in [0.3, 0.4) is 0 Å². The van der Waals surface area contributed by atoms with Crippen molar-refractivity contribution in [1.29, 1.82) is 0 Å². The van der Waals surface area contributed by atoms with Gasteiger partial charge in [-0.1, -0.05) is 18.2 Å². The Labute approximate surface area is 85.9 Å². The number of ether oxygens (including phenoxy) is 1. The first kappa shape index (κ1) is 9.67. The molecule has 0 aliphatic carbocycles. The van der Waals surface area contributed by atoms with Gasteiger partial charge in [0.15, 0.2) is 0 Å². The molecular formula is C10H10N2O3. The molecule has 0 spiro atoms. The summed E-state index contributed by atoms with van der Waals surface area (Å²) < 4.78 is 5.72. The molecule has 2 rings (SSSR count). The van der Waals surface area contributed by atoms with Crippen molar-refractivity contribution in [3.8, 4) is 0 Å². The minimum atomic E-state index is -0.564. The summed E-state index contributed by atoms with van der Waals surface area (Å²) >= 11 is 0. The van der Waals surface area contributed by atoms with Crippen molar-refractivity contribution in [2.45, 2.75) is 6.61 Å². The number of aliphatic hydroxyl groups is 1. The number of carbonyl (C=O) groups is 1. The fraction of sp³-hybridized carbons (Fsp3) is 0.200. The van der Waals surface area contributed by atoms with Gasteiger partial charge in [-0.2, -0.15) is 9.78 Å². The number of para-hydroxylation sites is 1. The summed E-state index contributed by atoms with van der Waals surface area (Å²) in [5.74, 6) is 0. The van der Waals surface area contributed by atoms with Crippen molar-refractivity contribution < 1.29 is 14.6 Å². The fourth-order valence-corrected chi connectivity index (χ4v) is 1.47. The molecule has 15 heavy (non-hydrogen) atoms. The third-order valence-electron chi connectivity index (χ3n) is 2.16. The number of hydrogen-bond donors (Lipinski definition) is 1. The summed E-state index contributed by atoms with van der Waals surface area (Å²) in [5, 5.41) is 13.8. The summed E-state index contributed by atoms with van der Waals surface area (Å²) in [6.45, 7) is -0.204. The SMILES string of the molecule is COC(=O)n1nc(CO)c2ccccc21. The summed E-state index contributed by atoms with van der Waals surface area (Å²) in [4.78, 5) is 11.4. The Hall–Kier alpha value is -1.88. The zero-order valence-corrected chi connectivity index (χ0v) is 8.17. The summed E-state index contributed by atoms with van der Waals surface area (Å²) in [6.07, 6.45) is -0.564. The molecule has 0 fully saturated rings. The maximum Gasteiger partial charge on any atom is 0.434 e. The van der Waals surface area contributed by atoms with E-state index in [2.05, 4.69) is 9.84 Å². The number of nitrogens with zero attached hydrogens (tertiary/aromatic N) is 2. The highest BCUT2D eigenvalue weighted by molar-refractivity contribution is 5.89. The van der Waals surface area contributed by atoms with E-state index in [1.165, 1.54) is 7.11 Å². The van der Waals surface area contributed by atoms with Crippen molar-refractivity contribution in [2.24, 2.45) is 0 Å². The molecule has 0 aliphatic heterocycles. The first-order chi connectivity index (χ1) is 7.27. The zero-order chi connectivity index (χ0) is 10.8. The second-order valence-electron chi connectivity index (χ2n) is 3.00. The lowest BCUT2D eigenvalue weighted by Crippen LogP contribution is -2.12. The minimum absolute atomic E-state index is 0.204. The normalized spacial score (nSPS) is 10.5. The summed E-state index contributed by atoms with van der Waals surface area (Å²) in [5.41, 5.74) is 1.10. The molecule has 5 nitrogen and oxygen atoms in total. The molecule has 1 aromatic carbocycles. The number of benzene rings is 1. The van der Waals surface area contributed by atoms with Gasteiger partial charge in [-0.25, -0.2) is 4.79 Å². The van der Waals surface area contributed by atoms with E-state index in [-0.39, 0.29) is 6.61 Å². The van der Waals surface area contributed by atoms with Crippen molar-refractivity contribution in [1.82, 2.24) is 9.78 Å². The van der Waals surface area contributed by atoms with Gasteiger partial charge in [0.2, 0.25) is 0 Å². The van der Waals surface area contributed by atoms with Gasteiger partial charge >= 0.3 is 6.09 Å². The second kappa shape index (κ2) is 3.70. The summed E-state index contributed by atoms with van der Waals surface area (Å²) in [6, 6.07) is 7.17. The predicted molar refractivity (Wildman–Crippen MR) is 53.5 cm³/mol. The molecule has 78 valence electrons. The lowest BCUT2D eigenvalue weighted by atomic mass is 10.2. The van der Waals surface area contributed by atoms with Crippen LogP contribution in [0.2, 0.25) is 0 Å². The van der Waals surface area contributed by atoms with Gasteiger partial charge in [0, 0.05) is 5.39 Å². The van der Waals surface area contributed by atoms with Gasteiger partial charge in [0.05, 0.1) is 24.9 Å². The van der Waals surface area contributed by atoms with E-state index in [0.29, 0.717) is 11.2 Å². The maximum atomic E-state index is 11.4. The van der Waals surface area contributed by atoms with Crippen LogP contribution in [0.25, 0.3) is 10.9 Å². The molecule has 0 saturated carbocycles. The Bertz CT molecular complexity index is 504. The van der Waals surface area contributed by atoms with Gasteiger partial charge in [0.25, 0.3) is 0 Å². The van der Waals surface area contributed by atoms with Crippen molar-refractivity contribution in [3.63, 3.8) is 0 Å². The lowest BCUT2D eigenvalue weighted by Gasteiger charge is -1.98. The van der Waals surface area contributed by atoms with Crippen LogP contribution in [0, 0.1) is 0 Å². The maximum absolute atomic E-state index is 11.4. The van der Waals surface area contributed by atoms with Gasteiger partial charge in [0.1, 0.15) is 0 Å². The molecule has 0 saturated heterocycles. The highest BCUT2D eigenvalue weighted by Crippen LogP contribution is 2.18. The van der Waals surface area contributed by atoms with Crippen LogP contribution in [0.1, 0.15) is 5.69 Å². The van der Waals surface area contributed by atoms with Crippen LogP contribution in [0.15, 0.2) is 24.3 Å². The van der Waals surface area contributed by atoms with Gasteiger partial charge in [-0.15, -0.1) is 0 Å². The molecule has 5 heteroatoms. The number of fused-ring (bicyclic) bond motifs is 1. The Morgan fingerprint density at radius 2 is 2.27 bits per heavy atom. The molecule has 0 bridgehead atoms. The average Bonchev–Trinajstić information content (AvgIpc) is 2.67. The van der Waals surface area contributed by atoms with E-state index in [4.69, 9.17) is 5.11 Å². The fourth-order valence-electron chi connectivity index (χ4n) is 1.47.